The van der Waals surface area contributed by atoms with Gasteiger partial charge in [-0.05, 0) is 0 Å². The Hall–Kier alpha value is -2.85. The van der Waals surface area contributed by atoms with Gasteiger partial charge in [-0.25, -0.2) is 0 Å². The van der Waals surface area contributed by atoms with Gasteiger partial charge in [0.2, 0.25) is 0 Å². The van der Waals surface area contributed by atoms with Crippen LogP contribution in [0.15, 0.2) is 53.1 Å². The van der Waals surface area contributed by atoms with Crippen LogP contribution >= 0.6 is 31.7 Å². The van der Waals surface area contributed by atoms with Crippen molar-refractivity contribution >= 4 is 37.6 Å². The number of nitrogens with zero attached hydrogens (tertiary/aromatic N) is 3. The molecule has 3 rings (SSSR count). The van der Waals surface area contributed by atoms with Crippen LogP contribution in [0, 0.1) is 11.3 Å². The number of benzene rings is 1. The third-order valence-corrected chi connectivity index (χ3v) is 11.0. The number of carbonyl (C=O) groups is 1. The van der Waals surface area contributed by atoms with Crippen molar-refractivity contribution in [1.82, 2.24) is 13.1 Å². The number of hydrogen-bond donors (Lipinski definition) is 1. The van der Waals surface area contributed by atoms with E-state index in [2.05, 4.69) is 15.1 Å². The Balaban J connectivity index is 2.13. The molecule has 1 aliphatic rings. The summed E-state index contributed by atoms with van der Waals surface area (Å²) >= 11 is 3.80. The molecule has 0 aliphatic carbocycles. The van der Waals surface area contributed by atoms with Crippen LogP contribution in [0.4, 0.5) is 13.2 Å². The van der Waals surface area contributed by atoms with Crippen LogP contribution in [0.25, 0.3) is 0 Å². The molecule has 1 amide bonds. The number of carbonyl (C=O) groups excluding carboxylic acids is 1. The van der Waals surface area contributed by atoms with Crippen molar-refractivity contribution in [2.45, 2.75) is 43.3 Å². The maximum atomic E-state index is 15.0. The second-order valence-corrected chi connectivity index (χ2v) is 14.3. The third-order valence-electron chi connectivity index (χ3n) is 5.31. The average molecular weight is 635 g/mol. The third kappa shape index (κ3) is 5.75. The summed E-state index contributed by atoms with van der Waals surface area (Å²) in [7, 11) is 0. The molecule has 2 unspecified atom stereocenters. The van der Waals surface area contributed by atoms with Crippen LogP contribution in [-0.4, -0.2) is 30.0 Å². The number of alkyl halides is 5. The normalized spacial score (nSPS) is 17.6. The summed E-state index contributed by atoms with van der Waals surface area (Å²) in [6.45, 7) is 7.50. The number of amides is 1. The second-order valence-electron chi connectivity index (χ2n) is 7.97. The van der Waals surface area contributed by atoms with E-state index in [0.29, 0.717) is 4.43 Å². The second kappa shape index (κ2) is 11.0. The van der Waals surface area contributed by atoms with Gasteiger partial charge in [0.1, 0.15) is 0 Å². The number of nitriles is 1. The van der Waals surface area contributed by atoms with E-state index < -0.39 is 60.7 Å². The van der Waals surface area contributed by atoms with Gasteiger partial charge in [-0.1, -0.05) is 0 Å². The summed E-state index contributed by atoms with van der Waals surface area (Å²) in [5.41, 5.74) is -2.34. The van der Waals surface area contributed by atoms with Crippen LogP contribution in [0.1, 0.15) is 32.0 Å². The zero-order valence-corrected chi connectivity index (χ0v) is 22.5. The molecule has 0 saturated heterocycles. The Bertz CT molecular complexity index is 1340. The summed E-state index contributed by atoms with van der Waals surface area (Å²) in [5.74, 6) is -5.01. The molecule has 0 bridgehead atoms. The minimum atomic E-state index is -3.69. The van der Waals surface area contributed by atoms with Crippen molar-refractivity contribution in [3.05, 3.63) is 75.0 Å². The number of nitrogens with one attached hydrogen (secondary N) is 1. The standard InChI is InChI=1S/C24H23ClF3IN4O3/c1-5-29-17(9-19(14(4)26)22(34)32-29)11-33-12-31-21(24(27,28)13(2)3)20(23(33)35)36-18-7-15(10-30)6-16(25)8-18/h6-9,12,14,17H,2,5,11H2,1,3-4H3,(H,32,34). The summed E-state index contributed by atoms with van der Waals surface area (Å²) < 4.78 is 53.8. The molecule has 1 N–H and O–H groups in total. The van der Waals surface area contributed by atoms with Gasteiger partial charge < -0.3 is 0 Å². The summed E-state index contributed by atoms with van der Waals surface area (Å²) in [5, 5.41) is 9.29. The number of ether oxygens (including phenoxy) is 1. The summed E-state index contributed by atoms with van der Waals surface area (Å²) in [6.07, 6.45) is 0.995. The van der Waals surface area contributed by atoms with Gasteiger partial charge in [0, 0.05) is 0 Å². The number of rotatable bonds is 8. The fourth-order valence-corrected chi connectivity index (χ4v) is 8.21. The topological polar surface area (TPSA) is 97.0 Å². The monoisotopic (exact) mass is 634 g/mol. The molecule has 0 fully saturated rings. The van der Waals surface area contributed by atoms with Gasteiger partial charge in [-0.2, -0.15) is 0 Å². The van der Waals surface area contributed by atoms with E-state index in [1.165, 1.54) is 31.2 Å². The zero-order valence-electron chi connectivity index (χ0n) is 19.6. The molecule has 0 saturated carbocycles. The van der Waals surface area contributed by atoms with E-state index in [9.17, 15) is 28.0 Å². The first kappa shape index (κ1) is 27.7. The number of halogens is 5. The Morgan fingerprint density at radius 3 is 2.69 bits per heavy atom. The minimum absolute atomic E-state index is 0.0186. The van der Waals surface area contributed by atoms with E-state index in [0.717, 1.165) is 17.8 Å². The van der Waals surface area contributed by atoms with Gasteiger partial charge in [0.05, 0.1) is 0 Å². The predicted octanol–water partition coefficient (Wildman–Crippen LogP) is 5.45. The van der Waals surface area contributed by atoms with E-state index in [-0.39, 0.29) is 32.4 Å². The fraction of sp³-hybridized carbons (Fsp3) is 0.333. The van der Waals surface area contributed by atoms with Crippen molar-refractivity contribution in [2.24, 2.45) is 0 Å². The van der Waals surface area contributed by atoms with E-state index >= 15 is 0 Å². The first-order chi connectivity index (χ1) is 16.9. The van der Waals surface area contributed by atoms with Gasteiger partial charge in [0.25, 0.3) is 0 Å². The Morgan fingerprint density at radius 1 is 1.42 bits per heavy atom. The van der Waals surface area contributed by atoms with Crippen LogP contribution in [0.5, 0.6) is 11.5 Å². The van der Waals surface area contributed by atoms with Gasteiger partial charge in [-0.3, -0.25) is 0 Å². The SMILES string of the molecule is C=C(C)C(F)(F)c1ncn(CC2C=C(C(C)F)C(=O)NI2CC)c(=O)c1Oc1cc(Cl)cc(C#N)c1. The zero-order chi connectivity index (χ0) is 26.8. The molecule has 0 spiro atoms. The van der Waals surface area contributed by atoms with Crippen molar-refractivity contribution in [1.29, 1.82) is 5.26 Å². The van der Waals surface area contributed by atoms with Gasteiger partial charge >= 0.3 is 219 Å². The number of hydrogen-bond acceptors (Lipinski definition) is 5. The molecule has 1 aliphatic heterocycles. The molecular weight excluding hydrogens is 612 g/mol. The first-order valence-corrected chi connectivity index (χ1v) is 14.9. The molecule has 0 radical (unpaired) electrons. The van der Waals surface area contributed by atoms with E-state index in [1.807, 2.05) is 13.0 Å². The Morgan fingerprint density at radius 2 is 2.11 bits per heavy atom. The van der Waals surface area contributed by atoms with Gasteiger partial charge in [0.15, 0.2) is 0 Å². The van der Waals surface area contributed by atoms with Crippen molar-refractivity contribution in [2.75, 3.05) is 4.43 Å². The molecule has 2 aromatic rings. The number of aromatic nitrogens is 2. The van der Waals surface area contributed by atoms with Crippen molar-refractivity contribution in [3.8, 4) is 17.6 Å². The molecule has 2 heterocycles. The molecule has 2 atom stereocenters. The molecule has 7 nitrogen and oxygen atoms in total. The number of allylic oxidation sites excluding steroid dienone is 2. The molecule has 1 aromatic heterocycles. The fourth-order valence-electron chi connectivity index (χ4n) is 3.41. The van der Waals surface area contributed by atoms with Crippen LogP contribution in [-0.2, 0) is 17.3 Å². The quantitative estimate of drug-likeness (QED) is 0.180. The van der Waals surface area contributed by atoms with Crippen molar-refractivity contribution < 1.29 is 22.7 Å². The van der Waals surface area contributed by atoms with Crippen molar-refractivity contribution in [3.63, 3.8) is 0 Å². The maximum absolute atomic E-state index is 15.0. The van der Waals surface area contributed by atoms with Crippen LogP contribution in [0.2, 0.25) is 5.02 Å². The predicted molar refractivity (Wildman–Crippen MR) is 139 cm³/mol. The van der Waals surface area contributed by atoms with Crippen LogP contribution in [0.3, 0.4) is 0 Å². The first-order valence-electron chi connectivity index (χ1n) is 10.7. The Kier molecular flexibility index (Phi) is 8.51. The molecule has 36 heavy (non-hydrogen) atoms. The van der Waals surface area contributed by atoms with Crippen LogP contribution < -0.4 is 13.8 Å². The molecule has 1 aromatic carbocycles. The van der Waals surface area contributed by atoms with E-state index in [1.54, 1.807) is 0 Å². The average Bonchev–Trinajstić information content (AvgIpc) is 2.81. The summed E-state index contributed by atoms with van der Waals surface area (Å²) in [6, 6.07) is 5.75. The Labute approximate surface area is 218 Å². The molecular formula is C24H23ClF3IN4O3. The van der Waals surface area contributed by atoms with Gasteiger partial charge in [-0.15, -0.1) is 0 Å². The summed E-state index contributed by atoms with van der Waals surface area (Å²) in [4.78, 5) is 29.5. The molecule has 192 valence electrons. The molecule has 12 heteroatoms. The van der Waals surface area contributed by atoms with E-state index in [4.69, 9.17) is 16.3 Å².